The Morgan fingerprint density at radius 3 is 2.39 bits per heavy atom. The molecule has 0 unspecified atom stereocenters. The van der Waals surface area contributed by atoms with Gasteiger partial charge in [-0.2, -0.15) is 0 Å². The molecular formula is C14H21NO3. The molecule has 0 saturated carbocycles. The Bertz CT molecular complexity index is 393. The molecule has 0 atom stereocenters. The predicted molar refractivity (Wildman–Crippen MR) is 70.1 cm³/mol. The number of aryl methyl sites for hydroxylation is 1. The summed E-state index contributed by atoms with van der Waals surface area (Å²) in [6.45, 7) is 2.59. The van der Waals surface area contributed by atoms with E-state index in [1.165, 1.54) is 11.1 Å². The van der Waals surface area contributed by atoms with Crippen LogP contribution in [0.4, 0.5) is 0 Å². The molecule has 2 N–H and O–H groups in total. The van der Waals surface area contributed by atoms with E-state index in [2.05, 4.69) is 6.07 Å². The summed E-state index contributed by atoms with van der Waals surface area (Å²) in [7, 11) is 1.71. The first-order chi connectivity index (χ1) is 8.85. The maximum absolute atomic E-state index is 5.61. The zero-order valence-electron chi connectivity index (χ0n) is 10.9. The van der Waals surface area contributed by atoms with Crippen LogP contribution in [0.15, 0.2) is 12.1 Å². The fraction of sp³-hybridized carbons (Fsp3) is 0.571. The van der Waals surface area contributed by atoms with E-state index in [4.69, 9.17) is 19.9 Å². The molecule has 1 aromatic carbocycles. The third-order valence-corrected chi connectivity index (χ3v) is 3.06. The van der Waals surface area contributed by atoms with Crippen molar-refractivity contribution in [1.29, 1.82) is 0 Å². The lowest BCUT2D eigenvalue weighted by Crippen LogP contribution is -2.16. The minimum Gasteiger partial charge on any atom is -0.486 e. The van der Waals surface area contributed by atoms with Gasteiger partial charge in [-0.1, -0.05) is 0 Å². The van der Waals surface area contributed by atoms with E-state index in [-0.39, 0.29) is 0 Å². The first-order valence-corrected chi connectivity index (χ1v) is 6.45. The third kappa shape index (κ3) is 3.15. The van der Waals surface area contributed by atoms with Crippen LogP contribution < -0.4 is 15.2 Å². The monoisotopic (exact) mass is 251 g/mol. The second-order valence-electron chi connectivity index (χ2n) is 4.44. The van der Waals surface area contributed by atoms with Crippen molar-refractivity contribution in [3.05, 3.63) is 23.3 Å². The van der Waals surface area contributed by atoms with Crippen molar-refractivity contribution in [2.45, 2.75) is 25.9 Å². The van der Waals surface area contributed by atoms with Gasteiger partial charge >= 0.3 is 0 Å². The first kappa shape index (κ1) is 13.2. The van der Waals surface area contributed by atoms with Crippen LogP contribution >= 0.6 is 0 Å². The number of fused-ring (bicyclic) bond motifs is 1. The SMILES string of the molecule is COCc1cc2c(cc1CCCCN)OCCO2. The van der Waals surface area contributed by atoms with Crippen LogP contribution in [0, 0.1) is 0 Å². The summed E-state index contributed by atoms with van der Waals surface area (Å²) in [5.41, 5.74) is 7.98. The average Bonchev–Trinajstić information content (AvgIpc) is 2.40. The molecule has 1 heterocycles. The highest BCUT2D eigenvalue weighted by Crippen LogP contribution is 2.34. The standard InChI is InChI=1S/C14H21NO3/c1-16-10-12-9-14-13(17-6-7-18-14)8-11(12)4-2-3-5-15/h8-9H,2-7,10,15H2,1H3. The summed E-state index contributed by atoms with van der Waals surface area (Å²) in [6, 6.07) is 4.12. The van der Waals surface area contributed by atoms with Crippen LogP contribution in [0.3, 0.4) is 0 Å². The quantitative estimate of drug-likeness (QED) is 0.784. The van der Waals surface area contributed by atoms with Gasteiger partial charge in [0.2, 0.25) is 0 Å². The summed E-state index contributed by atoms with van der Waals surface area (Å²) < 4.78 is 16.4. The highest BCUT2D eigenvalue weighted by atomic mass is 16.6. The molecule has 4 heteroatoms. The highest BCUT2D eigenvalue weighted by Gasteiger charge is 2.15. The van der Waals surface area contributed by atoms with Crippen LogP contribution in [-0.2, 0) is 17.8 Å². The van der Waals surface area contributed by atoms with Crippen molar-refractivity contribution in [2.24, 2.45) is 5.73 Å². The first-order valence-electron chi connectivity index (χ1n) is 6.45. The van der Waals surface area contributed by atoms with Crippen LogP contribution in [0.1, 0.15) is 24.0 Å². The Hall–Kier alpha value is -1.26. The van der Waals surface area contributed by atoms with Crippen molar-refractivity contribution in [2.75, 3.05) is 26.9 Å². The number of hydrogen-bond donors (Lipinski definition) is 1. The van der Waals surface area contributed by atoms with Gasteiger partial charge in [-0.25, -0.2) is 0 Å². The average molecular weight is 251 g/mol. The lowest BCUT2D eigenvalue weighted by Gasteiger charge is -2.21. The molecule has 1 aliphatic rings. The summed E-state index contributed by atoms with van der Waals surface area (Å²) in [5.74, 6) is 1.68. The molecule has 0 aliphatic carbocycles. The molecule has 1 aliphatic heterocycles. The molecule has 0 aromatic heterocycles. The summed E-state index contributed by atoms with van der Waals surface area (Å²) in [4.78, 5) is 0. The normalized spacial score (nSPS) is 13.7. The van der Waals surface area contributed by atoms with E-state index in [0.29, 0.717) is 19.8 Å². The largest absolute Gasteiger partial charge is 0.486 e. The van der Waals surface area contributed by atoms with Gasteiger partial charge in [-0.05, 0) is 49.1 Å². The highest BCUT2D eigenvalue weighted by molar-refractivity contribution is 5.48. The number of unbranched alkanes of at least 4 members (excludes halogenated alkanes) is 1. The molecule has 0 radical (unpaired) electrons. The maximum Gasteiger partial charge on any atom is 0.161 e. The predicted octanol–water partition coefficient (Wildman–Crippen LogP) is 1.89. The van der Waals surface area contributed by atoms with Gasteiger partial charge in [0.05, 0.1) is 6.61 Å². The lowest BCUT2D eigenvalue weighted by molar-refractivity contribution is 0.167. The molecular weight excluding hydrogens is 230 g/mol. The van der Waals surface area contributed by atoms with Crippen molar-refractivity contribution < 1.29 is 14.2 Å². The van der Waals surface area contributed by atoms with Gasteiger partial charge in [0.1, 0.15) is 13.2 Å². The molecule has 2 rings (SSSR count). The third-order valence-electron chi connectivity index (χ3n) is 3.06. The molecule has 0 amide bonds. The molecule has 4 nitrogen and oxygen atoms in total. The maximum atomic E-state index is 5.61. The van der Waals surface area contributed by atoms with Crippen LogP contribution in [-0.4, -0.2) is 26.9 Å². The number of ether oxygens (including phenoxy) is 3. The van der Waals surface area contributed by atoms with Gasteiger partial charge in [-0.15, -0.1) is 0 Å². The van der Waals surface area contributed by atoms with E-state index in [0.717, 1.165) is 37.3 Å². The molecule has 100 valence electrons. The van der Waals surface area contributed by atoms with Crippen LogP contribution in [0.5, 0.6) is 11.5 Å². The van der Waals surface area contributed by atoms with E-state index in [1.807, 2.05) is 6.07 Å². The van der Waals surface area contributed by atoms with Gasteiger partial charge in [0.25, 0.3) is 0 Å². The summed E-state index contributed by atoms with van der Waals surface area (Å²) >= 11 is 0. The number of rotatable bonds is 6. The Labute approximate surface area is 108 Å². The Morgan fingerprint density at radius 2 is 1.78 bits per heavy atom. The second-order valence-corrected chi connectivity index (χ2v) is 4.44. The number of methoxy groups -OCH3 is 1. The van der Waals surface area contributed by atoms with E-state index in [1.54, 1.807) is 7.11 Å². The number of nitrogens with two attached hydrogens (primary N) is 1. The van der Waals surface area contributed by atoms with Crippen molar-refractivity contribution in [3.63, 3.8) is 0 Å². The van der Waals surface area contributed by atoms with Crippen molar-refractivity contribution in [1.82, 2.24) is 0 Å². The van der Waals surface area contributed by atoms with E-state index in [9.17, 15) is 0 Å². The summed E-state index contributed by atoms with van der Waals surface area (Å²) in [6.07, 6.45) is 3.14. The molecule has 18 heavy (non-hydrogen) atoms. The van der Waals surface area contributed by atoms with Crippen molar-refractivity contribution in [3.8, 4) is 11.5 Å². The smallest absolute Gasteiger partial charge is 0.161 e. The Balaban J connectivity index is 2.18. The van der Waals surface area contributed by atoms with Gasteiger partial charge in [0.15, 0.2) is 11.5 Å². The Kier molecular flexibility index (Phi) is 4.84. The van der Waals surface area contributed by atoms with Crippen LogP contribution in [0.25, 0.3) is 0 Å². The molecule has 0 saturated heterocycles. The molecule has 0 spiro atoms. The zero-order valence-corrected chi connectivity index (χ0v) is 10.9. The second kappa shape index (κ2) is 6.61. The molecule has 0 bridgehead atoms. The fourth-order valence-corrected chi connectivity index (χ4v) is 2.16. The number of benzene rings is 1. The van der Waals surface area contributed by atoms with Crippen molar-refractivity contribution >= 4 is 0 Å². The van der Waals surface area contributed by atoms with Crippen LogP contribution in [0.2, 0.25) is 0 Å². The lowest BCUT2D eigenvalue weighted by atomic mass is 10.0. The zero-order chi connectivity index (χ0) is 12.8. The molecule has 0 fully saturated rings. The van der Waals surface area contributed by atoms with Gasteiger partial charge in [0, 0.05) is 7.11 Å². The fourth-order valence-electron chi connectivity index (χ4n) is 2.16. The Morgan fingerprint density at radius 1 is 1.11 bits per heavy atom. The number of hydrogen-bond acceptors (Lipinski definition) is 4. The van der Waals surface area contributed by atoms with Gasteiger partial charge in [-0.3, -0.25) is 0 Å². The minimum atomic E-state index is 0.606. The van der Waals surface area contributed by atoms with Gasteiger partial charge < -0.3 is 19.9 Å². The van der Waals surface area contributed by atoms with E-state index < -0.39 is 0 Å². The minimum absolute atomic E-state index is 0.606. The molecule has 1 aromatic rings. The topological polar surface area (TPSA) is 53.7 Å². The van der Waals surface area contributed by atoms with E-state index >= 15 is 0 Å². The summed E-state index contributed by atoms with van der Waals surface area (Å²) in [5, 5.41) is 0.